The Morgan fingerprint density at radius 2 is 1.82 bits per heavy atom. The van der Waals surface area contributed by atoms with Crippen LogP contribution in [0.2, 0.25) is 10.0 Å². The number of carboxylic acids is 1. The average molecular weight is 344 g/mol. The number of hydrogen-bond donors (Lipinski definition) is 2. The Morgan fingerprint density at radius 3 is 2.41 bits per heavy atom. The third kappa shape index (κ3) is 4.89. The van der Waals surface area contributed by atoms with Gasteiger partial charge in [0, 0.05) is 12.5 Å². The fourth-order valence-corrected chi connectivity index (χ4v) is 3.06. The van der Waals surface area contributed by atoms with Gasteiger partial charge < -0.3 is 10.4 Å². The molecule has 1 saturated carbocycles. The zero-order chi connectivity index (χ0) is 16.1. The van der Waals surface area contributed by atoms with E-state index in [0.29, 0.717) is 35.7 Å². The van der Waals surface area contributed by atoms with Crippen LogP contribution in [0.25, 0.3) is 0 Å². The normalized spacial score (nSPS) is 21.4. The van der Waals surface area contributed by atoms with E-state index in [9.17, 15) is 9.59 Å². The maximum absolute atomic E-state index is 12.0. The highest BCUT2D eigenvalue weighted by atomic mass is 35.5. The molecule has 1 aromatic carbocycles. The summed E-state index contributed by atoms with van der Waals surface area (Å²) in [5, 5.41) is 12.9. The lowest BCUT2D eigenvalue weighted by Gasteiger charge is -2.26. The first-order valence-corrected chi connectivity index (χ1v) is 8.17. The summed E-state index contributed by atoms with van der Waals surface area (Å²) >= 11 is 11.8. The minimum absolute atomic E-state index is 0.00940. The number of rotatable bonds is 5. The van der Waals surface area contributed by atoms with Gasteiger partial charge in [-0.15, -0.1) is 0 Å². The summed E-state index contributed by atoms with van der Waals surface area (Å²) in [4.78, 5) is 22.9. The number of carbonyl (C=O) groups is 2. The molecular formula is C16H19Cl2NO3. The van der Waals surface area contributed by atoms with E-state index in [-0.39, 0.29) is 17.9 Å². The van der Waals surface area contributed by atoms with Crippen molar-refractivity contribution in [2.24, 2.45) is 5.92 Å². The Labute approximate surface area is 139 Å². The Bertz CT molecular complexity index is 554. The Balaban J connectivity index is 1.74. The molecule has 0 aliphatic heterocycles. The number of benzene rings is 1. The molecule has 1 fully saturated rings. The predicted octanol–water partition coefficient (Wildman–Crippen LogP) is 3.69. The number of halogens is 2. The zero-order valence-corrected chi connectivity index (χ0v) is 13.7. The van der Waals surface area contributed by atoms with Crippen molar-refractivity contribution in [3.05, 3.63) is 33.8 Å². The van der Waals surface area contributed by atoms with Crippen molar-refractivity contribution in [2.45, 2.75) is 44.6 Å². The number of amides is 1. The summed E-state index contributed by atoms with van der Waals surface area (Å²) in [5.41, 5.74) is 0.971. The summed E-state index contributed by atoms with van der Waals surface area (Å²) in [6.45, 7) is 0. The van der Waals surface area contributed by atoms with Crippen LogP contribution in [0.1, 0.15) is 37.7 Å². The molecule has 0 aromatic heterocycles. The van der Waals surface area contributed by atoms with Crippen LogP contribution in [-0.4, -0.2) is 23.0 Å². The van der Waals surface area contributed by atoms with Crippen molar-refractivity contribution in [2.75, 3.05) is 0 Å². The van der Waals surface area contributed by atoms with Gasteiger partial charge in [0.2, 0.25) is 5.91 Å². The molecule has 120 valence electrons. The van der Waals surface area contributed by atoms with E-state index in [1.54, 1.807) is 12.1 Å². The van der Waals surface area contributed by atoms with Crippen LogP contribution in [-0.2, 0) is 16.0 Å². The Hall–Kier alpha value is -1.26. The predicted molar refractivity (Wildman–Crippen MR) is 86.3 cm³/mol. The number of aliphatic carboxylic acids is 1. The summed E-state index contributed by atoms with van der Waals surface area (Å²) in [5.74, 6) is -1.00. The lowest BCUT2D eigenvalue weighted by atomic mass is 9.86. The van der Waals surface area contributed by atoms with Gasteiger partial charge in [0.05, 0.1) is 16.0 Å². The van der Waals surface area contributed by atoms with E-state index in [0.717, 1.165) is 18.4 Å². The van der Waals surface area contributed by atoms with Crippen molar-refractivity contribution in [1.82, 2.24) is 5.32 Å². The van der Waals surface area contributed by atoms with Gasteiger partial charge in [-0.2, -0.15) is 0 Å². The van der Waals surface area contributed by atoms with Crippen molar-refractivity contribution in [3.8, 4) is 0 Å². The van der Waals surface area contributed by atoms with Gasteiger partial charge in [-0.3, -0.25) is 9.59 Å². The smallest absolute Gasteiger partial charge is 0.306 e. The molecule has 22 heavy (non-hydrogen) atoms. The molecule has 2 N–H and O–H groups in total. The van der Waals surface area contributed by atoms with E-state index in [4.69, 9.17) is 28.3 Å². The molecule has 0 spiro atoms. The van der Waals surface area contributed by atoms with Gasteiger partial charge >= 0.3 is 5.97 Å². The SMILES string of the molecule is O=C(CCc1ccc(Cl)c(Cl)c1)NC1CCC(C(=O)O)CC1. The first-order valence-electron chi connectivity index (χ1n) is 7.42. The molecule has 4 nitrogen and oxygen atoms in total. The van der Waals surface area contributed by atoms with Crippen LogP contribution in [0, 0.1) is 5.92 Å². The molecule has 0 unspecified atom stereocenters. The van der Waals surface area contributed by atoms with Crippen LogP contribution in [0.15, 0.2) is 18.2 Å². The van der Waals surface area contributed by atoms with Gasteiger partial charge in [0.1, 0.15) is 0 Å². The molecule has 0 bridgehead atoms. The van der Waals surface area contributed by atoms with E-state index < -0.39 is 5.97 Å². The molecule has 0 saturated heterocycles. The first kappa shape index (κ1) is 17.1. The molecule has 0 heterocycles. The minimum Gasteiger partial charge on any atom is -0.481 e. The number of hydrogen-bond acceptors (Lipinski definition) is 2. The molecule has 6 heteroatoms. The maximum atomic E-state index is 12.0. The molecule has 2 rings (SSSR count). The van der Waals surface area contributed by atoms with Gasteiger partial charge in [0.25, 0.3) is 0 Å². The number of aryl methyl sites for hydroxylation is 1. The fraction of sp³-hybridized carbons (Fsp3) is 0.500. The van der Waals surface area contributed by atoms with E-state index in [1.807, 2.05) is 6.07 Å². The second-order valence-corrected chi connectivity index (χ2v) is 6.52. The average Bonchev–Trinajstić information content (AvgIpc) is 2.49. The van der Waals surface area contributed by atoms with Crippen molar-refractivity contribution >= 4 is 35.1 Å². The van der Waals surface area contributed by atoms with Crippen LogP contribution in [0.3, 0.4) is 0 Å². The van der Waals surface area contributed by atoms with Gasteiger partial charge in [-0.1, -0.05) is 29.3 Å². The highest BCUT2D eigenvalue weighted by Crippen LogP contribution is 2.25. The quantitative estimate of drug-likeness (QED) is 0.856. The Morgan fingerprint density at radius 1 is 1.14 bits per heavy atom. The highest BCUT2D eigenvalue weighted by molar-refractivity contribution is 6.42. The summed E-state index contributed by atoms with van der Waals surface area (Å²) in [6.07, 6.45) is 3.72. The van der Waals surface area contributed by atoms with Crippen LogP contribution in [0.5, 0.6) is 0 Å². The van der Waals surface area contributed by atoms with Crippen LogP contribution < -0.4 is 5.32 Å². The first-order chi connectivity index (χ1) is 10.5. The number of carbonyl (C=O) groups excluding carboxylic acids is 1. The number of carboxylic acid groups (broad SMARTS) is 1. The molecule has 0 radical (unpaired) electrons. The maximum Gasteiger partial charge on any atom is 0.306 e. The molecular weight excluding hydrogens is 325 g/mol. The van der Waals surface area contributed by atoms with E-state index in [2.05, 4.69) is 5.32 Å². The van der Waals surface area contributed by atoms with E-state index >= 15 is 0 Å². The largest absolute Gasteiger partial charge is 0.481 e. The third-order valence-electron chi connectivity index (χ3n) is 4.07. The van der Waals surface area contributed by atoms with Gasteiger partial charge in [-0.25, -0.2) is 0 Å². The molecule has 1 aliphatic rings. The monoisotopic (exact) mass is 343 g/mol. The van der Waals surface area contributed by atoms with Crippen molar-refractivity contribution < 1.29 is 14.7 Å². The third-order valence-corrected chi connectivity index (χ3v) is 4.81. The molecule has 0 atom stereocenters. The fourth-order valence-electron chi connectivity index (χ4n) is 2.74. The Kier molecular flexibility index (Phi) is 6.09. The minimum atomic E-state index is -0.732. The topological polar surface area (TPSA) is 66.4 Å². The summed E-state index contributed by atoms with van der Waals surface area (Å²) in [6, 6.07) is 5.45. The molecule has 1 aromatic rings. The second kappa shape index (κ2) is 7.84. The van der Waals surface area contributed by atoms with Crippen molar-refractivity contribution in [3.63, 3.8) is 0 Å². The summed E-state index contributed by atoms with van der Waals surface area (Å²) in [7, 11) is 0. The zero-order valence-electron chi connectivity index (χ0n) is 12.1. The van der Waals surface area contributed by atoms with Gasteiger partial charge in [-0.05, 0) is 49.8 Å². The second-order valence-electron chi connectivity index (χ2n) is 5.70. The number of nitrogens with one attached hydrogen (secondary N) is 1. The van der Waals surface area contributed by atoms with Crippen LogP contribution in [0.4, 0.5) is 0 Å². The lowest BCUT2D eigenvalue weighted by Crippen LogP contribution is -2.38. The van der Waals surface area contributed by atoms with Gasteiger partial charge in [0.15, 0.2) is 0 Å². The highest BCUT2D eigenvalue weighted by Gasteiger charge is 2.26. The summed E-state index contributed by atoms with van der Waals surface area (Å²) < 4.78 is 0. The molecule has 1 aliphatic carbocycles. The lowest BCUT2D eigenvalue weighted by molar-refractivity contribution is -0.142. The van der Waals surface area contributed by atoms with E-state index in [1.165, 1.54) is 0 Å². The van der Waals surface area contributed by atoms with Crippen molar-refractivity contribution in [1.29, 1.82) is 0 Å². The van der Waals surface area contributed by atoms with Crippen LogP contribution >= 0.6 is 23.2 Å². The standard InChI is InChI=1S/C16H19Cl2NO3/c17-13-7-1-10(9-14(13)18)2-8-15(20)19-12-5-3-11(4-6-12)16(21)22/h1,7,9,11-12H,2-6,8H2,(H,19,20)(H,21,22). The molecule has 1 amide bonds.